The van der Waals surface area contributed by atoms with Crippen molar-refractivity contribution in [2.45, 2.75) is 6.54 Å². The second-order valence-corrected chi connectivity index (χ2v) is 4.74. The molecule has 0 spiro atoms. The molecule has 2 aromatic rings. The Balaban J connectivity index is 2.12. The van der Waals surface area contributed by atoms with E-state index in [4.69, 9.17) is 21.1 Å². The van der Waals surface area contributed by atoms with E-state index in [1.54, 1.807) is 25.2 Å². The van der Waals surface area contributed by atoms with Crippen LogP contribution >= 0.6 is 11.6 Å². The van der Waals surface area contributed by atoms with Crippen molar-refractivity contribution in [2.75, 3.05) is 12.4 Å². The second-order valence-electron chi connectivity index (χ2n) is 4.33. The van der Waals surface area contributed by atoms with Gasteiger partial charge in [-0.2, -0.15) is 0 Å². The van der Waals surface area contributed by atoms with Crippen molar-refractivity contribution in [3.8, 4) is 0 Å². The summed E-state index contributed by atoms with van der Waals surface area (Å²) in [6.45, 7) is 0.266. The topological polar surface area (TPSA) is 82.8 Å². The first kappa shape index (κ1) is 14.9. The first-order valence-electron chi connectivity index (χ1n) is 6.05. The van der Waals surface area contributed by atoms with Crippen LogP contribution in [-0.2, 0) is 6.54 Å². The van der Waals surface area contributed by atoms with Gasteiger partial charge in [0, 0.05) is 7.05 Å². The zero-order chi connectivity index (χ0) is 15.4. The van der Waals surface area contributed by atoms with Gasteiger partial charge >= 0.3 is 12.0 Å². The Morgan fingerprint density at radius 2 is 2.10 bits per heavy atom. The van der Waals surface area contributed by atoms with Gasteiger partial charge in [0.05, 0.1) is 23.5 Å². The first-order valence-corrected chi connectivity index (χ1v) is 6.43. The minimum atomic E-state index is -1.20. The minimum Gasteiger partial charge on any atom is -0.478 e. The summed E-state index contributed by atoms with van der Waals surface area (Å²) >= 11 is 5.84. The van der Waals surface area contributed by atoms with Gasteiger partial charge in [-0.05, 0) is 24.3 Å². The number of carboxylic acids is 1. The molecule has 0 atom stereocenters. The third-order valence-corrected chi connectivity index (χ3v) is 3.10. The molecule has 21 heavy (non-hydrogen) atoms. The zero-order valence-corrected chi connectivity index (χ0v) is 11.9. The van der Waals surface area contributed by atoms with Gasteiger partial charge in [-0.1, -0.05) is 17.7 Å². The molecular formula is C14H13ClN2O4. The second kappa shape index (κ2) is 6.32. The number of nitrogens with one attached hydrogen (secondary N) is 1. The van der Waals surface area contributed by atoms with E-state index in [2.05, 4.69) is 5.32 Å². The Kier molecular flexibility index (Phi) is 4.49. The monoisotopic (exact) mass is 308 g/mol. The van der Waals surface area contributed by atoms with Gasteiger partial charge in [0.25, 0.3) is 0 Å². The summed E-state index contributed by atoms with van der Waals surface area (Å²) in [5, 5.41) is 11.7. The van der Waals surface area contributed by atoms with Gasteiger partial charge in [0.15, 0.2) is 0 Å². The van der Waals surface area contributed by atoms with E-state index in [0.29, 0.717) is 5.76 Å². The van der Waals surface area contributed by atoms with Crippen molar-refractivity contribution in [3.63, 3.8) is 0 Å². The molecule has 1 aromatic heterocycles. The van der Waals surface area contributed by atoms with Crippen molar-refractivity contribution in [1.82, 2.24) is 4.90 Å². The number of urea groups is 1. The van der Waals surface area contributed by atoms with Gasteiger partial charge in [-0.25, -0.2) is 9.59 Å². The number of halogens is 1. The summed E-state index contributed by atoms with van der Waals surface area (Å²) in [6.07, 6.45) is 1.51. The van der Waals surface area contributed by atoms with E-state index >= 15 is 0 Å². The molecule has 0 unspecified atom stereocenters. The Hall–Kier alpha value is -2.47. The summed E-state index contributed by atoms with van der Waals surface area (Å²) in [5.74, 6) is -0.582. The van der Waals surface area contributed by atoms with Crippen molar-refractivity contribution < 1.29 is 19.1 Å². The van der Waals surface area contributed by atoms with Crippen LogP contribution in [0.3, 0.4) is 0 Å². The number of carboxylic acid groups (broad SMARTS) is 1. The molecular weight excluding hydrogens is 296 g/mol. The Morgan fingerprint density at radius 3 is 2.71 bits per heavy atom. The zero-order valence-electron chi connectivity index (χ0n) is 11.2. The molecule has 0 radical (unpaired) electrons. The van der Waals surface area contributed by atoms with E-state index in [1.807, 2.05) is 0 Å². The highest BCUT2D eigenvalue weighted by Gasteiger charge is 2.18. The molecule has 0 fully saturated rings. The number of rotatable bonds is 4. The molecule has 2 rings (SSSR count). The van der Waals surface area contributed by atoms with E-state index in [-0.39, 0.29) is 22.8 Å². The third-order valence-electron chi connectivity index (χ3n) is 2.79. The van der Waals surface area contributed by atoms with Gasteiger partial charge in [0.1, 0.15) is 11.3 Å². The SMILES string of the molecule is CN(Cc1ccco1)C(=O)Nc1cccc(Cl)c1C(=O)O. The number of aromatic carboxylic acids is 1. The molecule has 0 saturated heterocycles. The van der Waals surface area contributed by atoms with E-state index in [1.165, 1.54) is 23.3 Å². The number of carbonyl (C=O) groups is 2. The molecule has 110 valence electrons. The molecule has 0 aliphatic carbocycles. The number of furan rings is 1. The number of nitrogens with zero attached hydrogens (tertiary/aromatic N) is 1. The molecule has 2 amide bonds. The van der Waals surface area contributed by atoms with Crippen LogP contribution in [0.4, 0.5) is 10.5 Å². The summed E-state index contributed by atoms with van der Waals surface area (Å²) in [5.41, 5.74) is 0.00482. The fourth-order valence-electron chi connectivity index (χ4n) is 1.76. The van der Waals surface area contributed by atoms with Crippen molar-refractivity contribution >= 4 is 29.3 Å². The highest BCUT2D eigenvalue weighted by molar-refractivity contribution is 6.34. The number of benzene rings is 1. The van der Waals surface area contributed by atoms with Gasteiger partial charge in [-0.15, -0.1) is 0 Å². The Morgan fingerprint density at radius 1 is 1.33 bits per heavy atom. The van der Waals surface area contributed by atoms with Gasteiger partial charge in [-0.3, -0.25) is 0 Å². The first-order chi connectivity index (χ1) is 9.99. The van der Waals surface area contributed by atoms with Crippen LogP contribution in [0.5, 0.6) is 0 Å². The van der Waals surface area contributed by atoms with Crippen molar-refractivity contribution in [1.29, 1.82) is 0 Å². The highest BCUT2D eigenvalue weighted by Crippen LogP contribution is 2.24. The molecule has 0 saturated carbocycles. The molecule has 6 nitrogen and oxygen atoms in total. The summed E-state index contributed by atoms with van der Waals surface area (Å²) in [6, 6.07) is 7.50. The number of amides is 2. The maximum atomic E-state index is 12.1. The standard InChI is InChI=1S/C14H13ClN2O4/c1-17(8-9-4-3-7-21-9)14(20)16-11-6-2-5-10(15)12(11)13(18)19/h2-7H,8H2,1H3,(H,16,20)(H,18,19). The number of hydrogen-bond donors (Lipinski definition) is 2. The maximum Gasteiger partial charge on any atom is 0.339 e. The molecule has 1 aromatic carbocycles. The normalized spacial score (nSPS) is 10.2. The number of carbonyl (C=O) groups excluding carboxylic acids is 1. The van der Waals surface area contributed by atoms with Gasteiger partial charge in [0.2, 0.25) is 0 Å². The van der Waals surface area contributed by atoms with Crippen LogP contribution < -0.4 is 5.32 Å². The van der Waals surface area contributed by atoms with Crippen molar-refractivity contribution in [3.05, 3.63) is 52.9 Å². The average Bonchev–Trinajstić information content (AvgIpc) is 2.91. The molecule has 7 heteroatoms. The lowest BCUT2D eigenvalue weighted by molar-refractivity contribution is 0.0698. The Bertz CT molecular complexity index is 655. The van der Waals surface area contributed by atoms with Crippen LogP contribution in [0.1, 0.15) is 16.1 Å². The highest BCUT2D eigenvalue weighted by atomic mass is 35.5. The summed E-state index contributed by atoms with van der Waals surface area (Å²) in [7, 11) is 1.57. The van der Waals surface area contributed by atoms with E-state index in [0.717, 1.165) is 0 Å². The van der Waals surface area contributed by atoms with E-state index in [9.17, 15) is 9.59 Å². The predicted octanol–water partition coefficient (Wildman–Crippen LogP) is 3.30. The van der Waals surface area contributed by atoms with Crippen LogP contribution in [0, 0.1) is 0 Å². The summed E-state index contributed by atoms with van der Waals surface area (Å²) < 4.78 is 5.15. The van der Waals surface area contributed by atoms with Gasteiger partial charge < -0.3 is 19.7 Å². The third kappa shape index (κ3) is 3.55. The van der Waals surface area contributed by atoms with Crippen LogP contribution in [-0.4, -0.2) is 29.1 Å². The fraction of sp³-hybridized carbons (Fsp3) is 0.143. The van der Waals surface area contributed by atoms with E-state index < -0.39 is 12.0 Å². The lowest BCUT2D eigenvalue weighted by atomic mass is 10.2. The number of anilines is 1. The predicted molar refractivity (Wildman–Crippen MR) is 77.6 cm³/mol. The Labute approximate surface area is 125 Å². The fourth-order valence-corrected chi connectivity index (χ4v) is 2.02. The lowest BCUT2D eigenvalue weighted by Crippen LogP contribution is -2.31. The number of hydrogen-bond acceptors (Lipinski definition) is 3. The van der Waals surface area contributed by atoms with Crippen LogP contribution in [0.25, 0.3) is 0 Å². The summed E-state index contributed by atoms with van der Waals surface area (Å²) in [4.78, 5) is 24.6. The smallest absolute Gasteiger partial charge is 0.339 e. The van der Waals surface area contributed by atoms with Crippen molar-refractivity contribution in [2.24, 2.45) is 0 Å². The molecule has 0 bridgehead atoms. The average molecular weight is 309 g/mol. The quantitative estimate of drug-likeness (QED) is 0.908. The largest absolute Gasteiger partial charge is 0.478 e. The lowest BCUT2D eigenvalue weighted by Gasteiger charge is -2.17. The van der Waals surface area contributed by atoms with Crippen LogP contribution in [0.15, 0.2) is 41.0 Å². The molecule has 0 aliphatic rings. The molecule has 1 heterocycles. The minimum absolute atomic E-state index is 0.0639. The molecule has 0 aliphatic heterocycles. The maximum absolute atomic E-state index is 12.1. The molecule has 2 N–H and O–H groups in total. The van der Waals surface area contributed by atoms with Crippen LogP contribution in [0.2, 0.25) is 5.02 Å².